The Bertz CT molecular complexity index is 1170. The predicted octanol–water partition coefficient (Wildman–Crippen LogP) is 5.21. The summed E-state index contributed by atoms with van der Waals surface area (Å²) in [6, 6.07) is 16.9. The zero-order valence-electron chi connectivity index (χ0n) is 16.9. The van der Waals surface area contributed by atoms with E-state index in [1.54, 1.807) is 30.3 Å². The van der Waals surface area contributed by atoms with Crippen molar-refractivity contribution in [2.45, 2.75) is 24.7 Å². The number of nitrogens with zero attached hydrogens (tertiary/aromatic N) is 1. The highest BCUT2D eigenvalue weighted by atomic mass is 32.2. The van der Waals surface area contributed by atoms with E-state index in [1.165, 1.54) is 28.6 Å². The molecule has 8 heteroatoms. The Kier molecular flexibility index (Phi) is 7.02. The molecule has 0 aliphatic heterocycles. The SMILES string of the molecule is CCCCN(c1ccccc1)S(=O)(=O)c1cccc(C(=O)Nc2cc(F)ccc2F)c1. The molecule has 0 fully saturated rings. The summed E-state index contributed by atoms with van der Waals surface area (Å²) in [4.78, 5) is 12.5. The number of unbranched alkanes of at least 4 members (excludes halogenated alkanes) is 1. The molecule has 0 bridgehead atoms. The van der Waals surface area contributed by atoms with E-state index in [4.69, 9.17) is 0 Å². The zero-order chi connectivity index (χ0) is 22.4. The van der Waals surface area contributed by atoms with Gasteiger partial charge in [0.1, 0.15) is 11.6 Å². The first-order valence-electron chi connectivity index (χ1n) is 9.77. The van der Waals surface area contributed by atoms with E-state index in [0.29, 0.717) is 12.1 Å². The second-order valence-corrected chi connectivity index (χ2v) is 8.73. The number of carbonyl (C=O) groups is 1. The van der Waals surface area contributed by atoms with E-state index in [9.17, 15) is 22.0 Å². The van der Waals surface area contributed by atoms with Crippen molar-refractivity contribution in [3.63, 3.8) is 0 Å². The molecule has 0 aliphatic rings. The topological polar surface area (TPSA) is 66.5 Å². The average molecular weight is 445 g/mol. The van der Waals surface area contributed by atoms with Gasteiger partial charge < -0.3 is 5.32 Å². The number of rotatable bonds is 8. The molecule has 31 heavy (non-hydrogen) atoms. The van der Waals surface area contributed by atoms with Crippen LogP contribution in [0.4, 0.5) is 20.2 Å². The number of nitrogens with one attached hydrogen (secondary N) is 1. The Morgan fingerprint density at radius 2 is 1.71 bits per heavy atom. The van der Waals surface area contributed by atoms with Crippen LogP contribution in [0, 0.1) is 11.6 Å². The summed E-state index contributed by atoms with van der Waals surface area (Å²) >= 11 is 0. The molecule has 1 N–H and O–H groups in total. The molecule has 0 saturated carbocycles. The van der Waals surface area contributed by atoms with Gasteiger partial charge in [0.15, 0.2) is 0 Å². The molecule has 1 amide bonds. The summed E-state index contributed by atoms with van der Waals surface area (Å²) in [6.07, 6.45) is 1.47. The number of amides is 1. The molecule has 0 saturated heterocycles. The summed E-state index contributed by atoms with van der Waals surface area (Å²) in [7, 11) is -3.95. The third-order valence-electron chi connectivity index (χ3n) is 4.62. The van der Waals surface area contributed by atoms with Crippen LogP contribution in [0.1, 0.15) is 30.1 Å². The molecular formula is C23H22F2N2O3S. The number of benzene rings is 3. The zero-order valence-corrected chi connectivity index (χ0v) is 17.7. The minimum atomic E-state index is -3.95. The standard InChI is InChI=1S/C23H22F2N2O3S/c1-2-3-14-27(19-9-5-4-6-10-19)31(29,30)20-11-7-8-17(15-20)23(28)26-22-16-18(24)12-13-21(22)25/h4-13,15-16H,2-3,14H2,1H3,(H,26,28). The molecule has 0 atom stereocenters. The van der Waals surface area contributed by atoms with Crippen molar-refractivity contribution in [2.75, 3.05) is 16.2 Å². The third-order valence-corrected chi connectivity index (χ3v) is 6.44. The van der Waals surface area contributed by atoms with Gasteiger partial charge in [-0.2, -0.15) is 0 Å². The molecule has 0 aliphatic carbocycles. The molecule has 3 aromatic rings. The summed E-state index contributed by atoms with van der Waals surface area (Å²) in [5.74, 6) is -2.25. The van der Waals surface area contributed by atoms with Gasteiger partial charge in [0.25, 0.3) is 15.9 Å². The molecule has 0 heterocycles. The van der Waals surface area contributed by atoms with Gasteiger partial charge in [-0.3, -0.25) is 9.10 Å². The van der Waals surface area contributed by atoms with Crippen LogP contribution in [0.5, 0.6) is 0 Å². The Hall–Kier alpha value is -3.26. The van der Waals surface area contributed by atoms with Crippen molar-refractivity contribution in [3.8, 4) is 0 Å². The van der Waals surface area contributed by atoms with Gasteiger partial charge in [0.2, 0.25) is 0 Å². The maximum atomic E-state index is 13.8. The van der Waals surface area contributed by atoms with E-state index < -0.39 is 27.6 Å². The van der Waals surface area contributed by atoms with Gasteiger partial charge in [-0.25, -0.2) is 17.2 Å². The molecule has 5 nitrogen and oxygen atoms in total. The molecular weight excluding hydrogens is 422 g/mol. The van der Waals surface area contributed by atoms with Crippen LogP contribution in [0.3, 0.4) is 0 Å². The van der Waals surface area contributed by atoms with Crippen molar-refractivity contribution in [2.24, 2.45) is 0 Å². The fraction of sp³-hybridized carbons (Fsp3) is 0.174. The van der Waals surface area contributed by atoms with E-state index in [2.05, 4.69) is 5.32 Å². The Labute approximate surface area is 180 Å². The van der Waals surface area contributed by atoms with Crippen molar-refractivity contribution in [1.29, 1.82) is 0 Å². The third kappa shape index (κ3) is 5.27. The van der Waals surface area contributed by atoms with Crippen LogP contribution in [-0.2, 0) is 10.0 Å². The summed E-state index contributed by atoms with van der Waals surface area (Å²) < 4.78 is 55.2. The number of hydrogen-bond donors (Lipinski definition) is 1. The van der Waals surface area contributed by atoms with Crippen molar-refractivity contribution in [3.05, 3.63) is 90.0 Å². The fourth-order valence-electron chi connectivity index (χ4n) is 3.00. The number of carbonyl (C=O) groups excluding carboxylic acids is 1. The highest BCUT2D eigenvalue weighted by molar-refractivity contribution is 7.92. The normalized spacial score (nSPS) is 11.2. The summed E-state index contributed by atoms with van der Waals surface area (Å²) in [5.41, 5.74) is 0.202. The summed E-state index contributed by atoms with van der Waals surface area (Å²) in [5, 5.41) is 2.28. The minimum Gasteiger partial charge on any atom is -0.319 e. The van der Waals surface area contributed by atoms with Crippen LogP contribution >= 0.6 is 0 Å². The number of para-hydroxylation sites is 1. The first kappa shape index (κ1) is 22.4. The Morgan fingerprint density at radius 1 is 0.968 bits per heavy atom. The maximum Gasteiger partial charge on any atom is 0.264 e. The number of hydrogen-bond acceptors (Lipinski definition) is 3. The van der Waals surface area contributed by atoms with E-state index >= 15 is 0 Å². The monoisotopic (exact) mass is 444 g/mol. The predicted molar refractivity (Wildman–Crippen MR) is 117 cm³/mol. The second-order valence-electron chi connectivity index (χ2n) is 6.87. The van der Waals surface area contributed by atoms with E-state index in [0.717, 1.165) is 24.6 Å². The van der Waals surface area contributed by atoms with Crippen molar-refractivity contribution < 1.29 is 22.0 Å². The van der Waals surface area contributed by atoms with Gasteiger partial charge in [-0.1, -0.05) is 37.6 Å². The lowest BCUT2D eigenvalue weighted by molar-refractivity contribution is 0.102. The van der Waals surface area contributed by atoms with Gasteiger partial charge >= 0.3 is 0 Å². The molecule has 0 aromatic heterocycles. The van der Waals surface area contributed by atoms with Crippen LogP contribution in [0.25, 0.3) is 0 Å². The molecule has 3 aromatic carbocycles. The fourth-order valence-corrected chi connectivity index (χ4v) is 4.55. The van der Waals surface area contributed by atoms with Crippen LogP contribution in [-0.4, -0.2) is 20.9 Å². The largest absolute Gasteiger partial charge is 0.319 e. The first-order chi connectivity index (χ1) is 14.8. The van der Waals surface area contributed by atoms with Crippen molar-refractivity contribution >= 4 is 27.3 Å². The highest BCUT2D eigenvalue weighted by Gasteiger charge is 2.25. The van der Waals surface area contributed by atoms with Gasteiger partial charge in [-0.15, -0.1) is 0 Å². The van der Waals surface area contributed by atoms with Crippen LogP contribution in [0.2, 0.25) is 0 Å². The quantitative estimate of drug-likeness (QED) is 0.519. The molecule has 3 rings (SSSR count). The van der Waals surface area contributed by atoms with E-state index in [-0.39, 0.29) is 22.7 Å². The highest BCUT2D eigenvalue weighted by Crippen LogP contribution is 2.25. The first-order valence-corrected chi connectivity index (χ1v) is 11.2. The molecule has 162 valence electrons. The van der Waals surface area contributed by atoms with Gasteiger partial charge in [0, 0.05) is 18.2 Å². The van der Waals surface area contributed by atoms with Gasteiger partial charge in [-0.05, 0) is 48.9 Å². The second kappa shape index (κ2) is 9.70. The number of halogens is 2. The maximum absolute atomic E-state index is 13.8. The minimum absolute atomic E-state index is 0.00763. The lowest BCUT2D eigenvalue weighted by Gasteiger charge is -2.24. The Morgan fingerprint density at radius 3 is 2.42 bits per heavy atom. The molecule has 0 spiro atoms. The number of anilines is 2. The lowest BCUT2D eigenvalue weighted by atomic mass is 10.2. The Balaban J connectivity index is 1.92. The average Bonchev–Trinajstić information content (AvgIpc) is 2.77. The molecule has 0 radical (unpaired) electrons. The van der Waals surface area contributed by atoms with Crippen LogP contribution in [0.15, 0.2) is 77.7 Å². The van der Waals surface area contributed by atoms with Crippen LogP contribution < -0.4 is 9.62 Å². The molecule has 0 unspecified atom stereocenters. The lowest BCUT2D eigenvalue weighted by Crippen LogP contribution is -2.32. The smallest absolute Gasteiger partial charge is 0.264 e. The van der Waals surface area contributed by atoms with Gasteiger partial charge in [0.05, 0.1) is 16.3 Å². The van der Waals surface area contributed by atoms with E-state index in [1.807, 2.05) is 6.92 Å². The summed E-state index contributed by atoms with van der Waals surface area (Å²) in [6.45, 7) is 2.25. The number of sulfonamides is 1. The van der Waals surface area contributed by atoms with Crippen molar-refractivity contribution in [1.82, 2.24) is 0 Å².